The number of amides is 3. The number of nitrogens with one attached hydrogen (secondary N) is 3. The van der Waals surface area contributed by atoms with Crippen LogP contribution in [0.4, 0.5) is 0 Å². The van der Waals surface area contributed by atoms with Crippen LogP contribution >= 0.6 is 0 Å². The average Bonchev–Trinajstić information content (AvgIpc) is 3.63. The van der Waals surface area contributed by atoms with Gasteiger partial charge in [-0.1, -0.05) is 42.5 Å². The maximum Gasteiger partial charge on any atom is 0.259 e. The normalized spacial score (nSPS) is 18.1. The van der Waals surface area contributed by atoms with Gasteiger partial charge in [0.1, 0.15) is 0 Å². The van der Waals surface area contributed by atoms with Crippen molar-refractivity contribution < 1.29 is 14.4 Å². The molecule has 3 aliphatic rings. The van der Waals surface area contributed by atoms with Gasteiger partial charge in [-0.3, -0.25) is 19.7 Å². The highest BCUT2D eigenvalue weighted by Crippen LogP contribution is 2.47. The predicted octanol–water partition coefficient (Wildman–Crippen LogP) is 3.70. The van der Waals surface area contributed by atoms with E-state index in [9.17, 15) is 14.4 Å². The molecule has 1 unspecified atom stereocenters. The summed E-state index contributed by atoms with van der Waals surface area (Å²) in [6.07, 6.45) is 4.23. The molecule has 0 radical (unpaired) electrons. The van der Waals surface area contributed by atoms with Gasteiger partial charge in [-0.25, -0.2) is 0 Å². The second-order valence-corrected chi connectivity index (χ2v) is 10.2. The number of hydrogen-bond donors (Lipinski definition) is 3. The van der Waals surface area contributed by atoms with Crippen molar-refractivity contribution in [3.05, 3.63) is 70.8 Å². The molecule has 2 aliphatic heterocycles. The Labute approximate surface area is 214 Å². The SMILES string of the molecule is O=C1NC(=O)c2c1c1c(c3c2c2ccccc2n3CCCNC(=O)C2CCCN2)-c2ccccc2CC1. The lowest BCUT2D eigenvalue weighted by atomic mass is 9.80. The first kappa shape index (κ1) is 22.2. The van der Waals surface area contributed by atoms with E-state index in [-0.39, 0.29) is 23.8 Å². The van der Waals surface area contributed by atoms with Gasteiger partial charge in [0.15, 0.2) is 0 Å². The zero-order valence-electron chi connectivity index (χ0n) is 20.5. The standard InChI is InChI=1S/C30H28N4O3/c35-28(21-10-5-14-31-21)32-15-6-16-34-22-11-4-3-9-19(22)24-26-25(29(36)33-30(26)37)20-13-12-17-7-1-2-8-18(17)23(20)27(24)34/h1-4,7-9,11,21,31H,5-6,10,12-16H2,(H,32,35)(H,33,36,37). The van der Waals surface area contributed by atoms with Gasteiger partial charge in [-0.05, 0) is 61.4 Å². The Hall–Kier alpha value is -3.97. The fourth-order valence-electron chi connectivity index (χ4n) is 6.56. The number of hydrogen-bond acceptors (Lipinski definition) is 4. The highest BCUT2D eigenvalue weighted by atomic mass is 16.2. The average molecular weight is 493 g/mol. The molecule has 1 aromatic heterocycles. The summed E-state index contributed by atoms with van der Waals surface area (Å²) in [6.45, 7) is 2.16. The Balaban J connectivity index is 1.40. The molecule has 1 fully saturated rings. The minimum atomic E-state index is -0.314. The van der Waals surface area contributed by atoms with Crippen LogP contribution in [0.15, 0.2) is 48.5 Å². The minimum absolute atomic E-state index is 0.0685. The van der Waals surface area contributed by atoms with E-state index in [1.54, 1.807) is 0 Å². The van der Waals surface area contributed by atoms with Crippen LogP contribution in [0.5, 0.6) is 0 Å². The lowest BCUT2D eigenvalue weighted by Gasteiger charge is -2.24. The molecule has 7 rings (SSSR count). The number of carbonyl (C=O) groups is 3. The number of aryl methyl sites for hydroxylation is 2. The Bertz CT molecular complexity index is 1630. The van der Waals surface area contributed by atoms with E-state index in [4.69, 9.17) is 0 Å². The molecule has 3 N–H and O–H groups in total. The van der Waals surface area contributed by atoms with Crippen LogP contribution in [0.1, 0.15) is 51.1 Å². The van der Waals surface area contributed by atoms with Crippen LogP contribution in [0, 0.1) is 0 Å². The van der Waals surface area contributed by atoms with E-state index in [2.05, 4.69) is 44.8 Å². The molecule has 1 aliphatic carbocycles. The van der Waals surface area contributed by atoms with Crippen molar-refractivity contribution in [3.63, 3.8) is 0 Å². The number of aromatic nitrogens is 1. The van der Waals surface area contributed by atoms with Gasteiger partial charge < -0.3 is 15.2 Å². The van der Waals surface area contributed by atoms with Gasteiger partial charge in [0.05, 0.1) is 22.7 Å². The molecule has 3 heterocycles. The number of para-hydroxylation sites is 1. The molecule has 37 heavy (non-hydrogen) atoms. The summed E-state index contributed by atoms with van der Waals surface area (Å²) in [5, 5.41) is 10.7. The smallest absolute Gasteiger partial charge is 0.259 e. The van der Waals surface area contributed by atoms with Crippen LogP contribution in [-0.4, -0.2) is 41.4 Å². The molecule has 0 bridgehead atoms. The van der Waals surface area contributed by atoms with E-state index >= 15 is 0 Å². The van der Waals surface area contributed by atoms with Gasteiger partial charge in [0.2, 0.25) is 5.91 Å². The second-order valence-electron chi connectivity index (χ2n) is 10.2. The minimum Gasteiger partial charge on any atom is -0.355 e. The molecule has 7 nitrogen and oxygen atoms in total. The third kappa shape index (κ3) is 3.34. The number of benzene rings is 3. The first-order chi connectivity index (χ1) is 18.1. The monoisotopic (exact) mass is 492 g/mol. The second kappa shape index (κ2) is 8.56. The van der Waals surface area contributed by atoms with Crippen LogP contribution in [0.3, 0.4) is 0 Å². The first-order valence-corrected chi connectivity index (χ1v) is 13.2. The number of rotatable bonds is 5. The van der Waals surface area contributed by atoms with E-state index in [1.807, 2.05) is 24.3 Å². The molecule has 7 heteroatoms. The van der Waals surface area contributed by atoms with Crippen molar-refractivity contribution in [3.8, 4) is 11.1 Å². The van der Waals surface area contributed by atoms with Gasteiger partial charge in [-0.15, -0.1) is 0 Å². The fraction of sp³-hybridized carbons (Fsp3) is 0.300. The lowest BCUT2D eigenvalue weighted by Crippen LogP contribution is -2.40. The Morgan fingerprint density at radius 3 is 2.65 bits per heavy atom. The number of carbonyl (C=O) groups excluding carboxylic acids is 3. The Kier molecular flexibility index (Phi) is 5.15. The molecule has 1 saturated heterocycles. The van der Waals surface area contributed by atoms with Crippen molar-refractivity contribution in [2.45, 2.75) is 44.7 Å². The van der Waals surface area contributed by atoms with Gasteiger partial charge in [0, 0.05) is 34.9 Å². The summed E-state index contributed by atoms with van der Waals surface area (Å²) < 4.78 is 2.29. The Morgan fingerprint density at radius 2 is 1.78 bits per heavy atom. The van der Waals surface area contributed by atoms with Crippen molar-refractivity contribution in [2.75, 3.05) is 13.1 Å². The Morgan fingerprint density at radius 1 is 0.973 bits per heavy atom. The van der Waals surface area contributed by atoms with Gasteiger partial charge in [-0.2, -0.15) is 0 Å². The predicted molar refractivity (Wildman–Crippen MR) is 143 cm³/mol. The van der Waals surface area contributed by atoms with E-state index in [0.29, 0.717) is 24.2 Å². The molecule has 1 atom stereocenters. The molecular formula is C30H28N4O3. The van der Waals surface area contributed by atoms with Crippen molar-refractivity contribution in [1.29, 1.82) is 0 Å². The quantitative estimate of drug-likeness (QED) is 0.293. The van der Waals surface area contributed by atoms with Gasteiger partial charge in [0.25, 0.3) is 11.8 Å². The van der Waals surface area contributed by atoms with Crippen LogP contribution in [0.2, 0.25) is 0 Å². The first-order valence-electron chi connectivity index (χ1n) is 13.2. The molecule has 4 aromatic rings. The third-order valence-electron chi connectivity index (χ3n) is 8.16. The van der Waals surface area contributed by atoms with Gasteiger partial charge >= 0.3 is 0 Å². The third-order valence-corrected chi connectivity index (χ3v) is 8.16. The fourth-order valence-corrected chi connectivity index (χ4v) is 6.56. The molecular weight excluding hydrogens is 464 g/mol. The van der Waals surface area contributed by atoms with Crippen molar-refractivity contribution in [1.82, 2.24) is 20.5 Å². The van der Waals surface area contributed by atoms with E-state index in [1.165, 1.54) is 5.56 Å². The molecule has 186 valence electrons. The molecule has 0 spiro atoms. The van der Waals surface area contributed by atoms with E-state index < -0.39 is 0 Å². The summed E-state index contributed by atoms with van der Waals surface area (Å²) in [7, 11) is 0. The maximum absolute atomic E-state index is 13.1. The molecule has 0 saturated carbocycles. The maximum atomic E-state index is 13.1. The molecule has 3 amide bonds. The summed E-state index contributed by atoms with van der Waals surface area (Å²) in [6, 6.07) is 16.4. The van der Waals surface area contributed by atoms with E-state index in [0.717, 1.165) is 77.1 Å². The zero-order chi connectivity index (χ0) is 25.1. The zero-order valence-corrected chi connectivity index (χ0v) is 20.5. The van der Waals surface area contributed by atoms with Crippen LogP contribution < -0.4 is 16.0 Å². The van der Waals surface area contributed by atoms with Crippen molar-refractivity contribution >= 4 is 39.5 Å². The number of imide groups is 1. The largest absolute Gasteiger partial charge is 0.355 e. The highest BCUT2D eigenvalue weighted by Gasteiger charge is 2.38. The summed E-state index contributed by atoms with van der Waals surface area (Å²) in [4.78, 5) is 38.7. The van der Waals surface area contributed by atoms with Crippen LogP contribution in [0.25, 0.3) is 32.9 Å². The molecule has 3 aromatic carbocycles. The topological polar surface area (TPSA) is 92.2 Å². The summed E-state index contributed by atoms with van der Waals surface area (Å²) in [5.41, 5.74) is 7.52. The number of nitrogens with zero attached hydrogens (tertiary/aromatic N) is 1. The lowest BCUT2D eigenvalue weighted by molar-refractivity contribution is -0.122. The summed E-state index contributed by atoms with van der Waals surface area (Å²) in [5.74, 6) is -0.539. The highest BCUT2D eigenvalue weighted by molar-refractivity contribution is 6.33. The summed E-state index contributed by atoms with van der Waals surface area (Å²) >= 11 is 0. The van der Waals surface area contributed by atoms with Crippen LogP contribution in [-0.2, 0) is 24.2 Å². The number of fused-ring (bicyclic) bond motifs is 10. The van der Waals surface area contributed by atoms with Crippen molar-refractivity contribution in [2.24, 2.45) is 0 Å².